The van der Waals surface area contributed by atoms with Gasteiger partial charge < -0.3 is 10.4 Å². The Labute approximate surface area is 93.9 Å². The van der Waals surface area contributed by atoms with Crippen molar-refractivity contribution in [2.24, 2.45) is 0 Å². The Morgan fingerprint density at radius 3 is 2.33 bits per heavy atom. The molecule has 3 nitrogen and oxygen atoms in total. The third kappa shape index (κ3) is 4.09. The molecule has 0 radical (unpaired) electrons. The first-order chi connectivity index (χ1) is 6.82. The van der Waals surface area contributed by atoms with Gasteiger partial charge in [-0.3, -0.25) is 4.90 Å². The lowest BCUT2D eigenvalue weighted by Crippen LogP contribution is -2.49. The maximum atomic E-state index is 9.78. The molecule has 1 aliphatic rings. The van der Waals surface area contributed by atoms with Gasteiger partial charge in [0.25, 0.3) is 0 Å². The summed E-state index contributed by atoms with van der Waals surface area (Å²) in [6, 6.07) is 1.48. The molecule has 0 aromatic rings. The van der Waals surface area contributed by atoms with Crippen LogP contribution in [-0.2, 0) is 0 Å². The fourth-order valence-electron chi connectivity index (χ4n) is 1.58. The molecule has 3 heteroatoms. The van der Waals surface area contributed by atoms with Gasteiger partial charge in [-0.05, 0) is 47.6 Å². The van der Waals surface area contributed by atoms with Gasteiger partial charge in [-0.1, -0.05) is 0 Å². The zero-order chi connectivity index (χ0) is 11.6. The van der Waals surface area contributed by atoms with E-state index in [1.165, 1.54) is 12.8 Å². The van der Waals surface area contributed by atoms with Crippen LogP contribution in [-0.4, -0.2) is 47.3 Å². The van der Waals surface area contributed by atoms with Crippen molar-refractivity contribution in [3.8, 4) is 0 Å². The highest BCUT2D eigenvalue weighted by Gasteiger charge is 2.29. The molecule has 0 amide bonds. The molecule has 0 saturated heterocycles. The molecule has 0 spiro atoms. The molecule has 0 heterocycles. The molecule has 90 valence electrons. The molecule has 15 heavy (non-hydrogen) atoms. The Morgan fingerprint density at radius 2 is 1.93 bits per heavy atom. The molecule has 1 aliphatic carbocycles. The number of nitrogens with one attached hydrogen (secondary N) is 1. The molecule has 1 fully saturated rings. The molecule has 2 atom stereocenters. The summed E-state index contributed by atoms with van der Waals surface area (Å²) in [5.74, 6) is 0. The number of nitrogens with zero attached hydrogens (tertiary/aromatic N) is 1. The quantitative estimate of drug-likeness (QED) is 0.698. The molecule has 0 bridgehead atoms. The second kappa shape index (κ2) is 4.81. The number of likely N-dealkylation sites (N-methyl/N-ethyl adjacent to an activating group) is 1. The van der Waals surface area contributed by atoms with Gasteiger partial charge in [0.1, 0.15) is 0 Å². The van der Waals surface area contributed by atoms with E-state index in [1.54, 1.807) is 0 Å². The molecule has 0 aromatic carbocycles. The van der Waals surface area contributed by atoms with Crippen molar-refractivity contribution in [3.05, 3.63) is 0 Å². The van der Waals surface area contributed by atoms with E-state index in [2.05, 4.69) is 24.2 Å². The number of hydrogen-bond acceptors (Lipinski definition) is 3. The van der Waals surface area contributed by atoms with Crippen LogP contribution >= 0.6 is 0 Å². The molecule has 2 N–H and O–H groups in total. The molecule has 1 rings (SSSR count). The Hall–Kier alpha value is -0.120. The van der Waals surface area contributed by atoms with Gasteiger partial charge in [-0.2, -0.15) is 0 Å². The van der Waals surface area contributed by atoms with Crippen molar-refractivity contribution >= 4 is 0 Å². The SMILES string of the molecule is CC(CNC(C)C(C)(C)O)N(C)C1CC1. The van der Waals surface area contributed by atoms with Crippen LogP contribution in [0, 0.1) is 0 Å². The van der Waals surface area contributed by atoms with Crippen LogP contribution in [0.15, 0.2) is 0 Å². The van der Waals surface area contributed by atoms with E-state index in [4.69, 9.17) is 0 Å². The van der Waals surface area contributed by atoms with Crippen molar-refractivity contribution in [1.82, 2.24) is 10.2 Å². The molecule has 0 aromatic heterocycles. The first kappa shape index (κ1) is 12.9. The molecular formula is C12H26N2O. The van der Waals surface area contributed by atoms with Crippen molar-refractivity contribution in [3.63, 3.8) is 0 Å². The van der Waals surface area contributed by atoms with Crippen LogP contribution in [0.2, 0.25) is 0 Å². The van der Waals surface area contributed by atoms with E-state index in [9.17, 15) is 5.11 Å². The summed E-state index contributed by atoms with van der Waals surface area (Å²) in [6.07, 6.45) is 2.70. The van der Waals surface area contributed by atoms with Crippen molar-refractivity contribution in [1.29, 1.82) is 0 Å². The maximum absolute atomic E-state index is 9.78. The minimum absolute atomic E-state index is 0.132. The summed E-state index contributed by atoms with van der Waals surface area (Å²) in [7, 11) is 2.19. The van der Waals surface area contributed by atoms with Gasteiger partial charge in [0.05, 0.1) is 5.60 Å². The van der Waals surface area contributed by atoms with Gasteiger partial charge in [0, 0.05) is 24.7 Å². The monoisotopic (exact) mass is 214 g/mol. The second-order valence-electron chi connectivity index (χ2n) is 5.53. The summed E-state index contributed by atoms with van der Waals surface area (Å²) >= 11 is 0. The van der Waals surface area contributed by atoms with E-state index in [0.717, 1.165) is 12.6 Å². The van der Waals surface area contributed by atoms with Crippen LogP contribution in [0.4, 0.5) is 0 Å². The number of rotatable bonds is 6. The van der Waals surface area contributed by atoms with E-state index < -0.39 is 5.60 Å². The van der Waals surface area contributed by atoms with Crippen LogP contribution in [0.3, 0.4) is 0 Å². The molecule has 0 aliphatic heterocycles. The van der Waals surface area contributed by atoms with Crippen molar-refractivity contribution < 1.29 is 5.11 Å². The molecule has 1 saturated carbocycles. The standard InChI is InChI=1S/C12H26N2O/c1-9(14(5)11-6-7-11)8-13-10(2)12(3,4)15/h9-11,13,15H,6-8H2,1-5H3. The Morgan fingerprint density at radius 1 is 1.40 bits per heavy atom. The Kier molecular flexibility index (Phi) is 4.15. The smallest absolute Gasteiger partial charge is 0.0741 e. The van der Waals surface area contributed by atoms with E-state index in [0.29, 0.717) is 6.04 Å². The summed E-state index contributed by atoms with van der Waals surface area (Å²) in [6.45, 7) is 8.91. The second-order valence-corrected chi connectivity index (χ2v) is 5.53. The zero-order valence-electron chi connectivity index (χ0n) is 10.7. The van der Waals surface area contributed by atoms with Crippen LogP contribution in [0.25, 0.3) is 0 Å². The fraction of sp³-hybridized carbons (Fsp3) is 1.00. The zero-order valence-corrected chi connectivity index (χ0v) is 10.7. The van der Waals surface area contributed by atoms with Gasteiger partial charge in [0.2, 0.25) is 0 Å². The van der Waals surface area contributed by atoms with E-state index in [1.807, 2.05) is 20.8 Å². The molecular weight excluding hydrogens is 188 g/mol. The van der Waals surface area contributed by atoms with Gasteiger partial charge in [0.15, 0.2) is 0 Å². The van der Waals surface area contributed by atoms with Gasteiger partial charge >= 0.3 is 0 Å². The van der Waals surface area contributed by atoms with Crippen molar-refractivity contribution in [2.45, 2.75) is 64.3 Å². The first-order valence-electron chi connectivity index (χ1n) is 6.00. The highest BCUT2D eigenvalue weighted by Crippen LogP contribution is 2.26. The lowest BCUT2D eigenvalue weighted by Gasteiger charge is -2.31. The topological polar surface area (TPSA) is 35.5 Å². The van der Waals surface area contributed by atoms with Crippen LogP contribution in [0.1, 0.15) is 40.5 Å². The predicted molar refractivity (Wildman–Crippen MR) is 64.0 cm³/mol. The summed E-state index contributed by atoms with van der Waals surface area (Å²) < 4.78 is 0. The maximum Gasteiger partial charge on any atom is 0.0741 e. The average molecular weight is 214 g/mol. The minimum atomic E-state index is -0.641. The number of aliphatic hydroxyl groups is 1. The van der Waals surface area contributed by atoms with Crippen LogP contribution in [0.5, 0.6) is 0 Å². The highest BCUT2D eigenvalue weighted by atomic mass is 16.3. The normalized spacial score (nSPS) is 21.8. The first-order valence-corrected chi connectivity index (χ1v) is 6.00. The highest BCUT2D eigenvalue weighted by molar-refractivity contribution is 4.87. The van der Waals surface area contributed by atoms with Gasteiger partial charge in [-0.15, -0.1) is 0 Å². The van der Waals surface area contributed by atoms with Crippen LogP contribution < -0.4 is 5.32 Å². The number of hydrogen-bond donors (Lipinski definition) is 2. The Bertz CT molecular complexity index is 196. The summed E-state index contributed by atoms with van der Waals surface area (Å²) in [5.41, 5.74) is -0.641. The van der Waals surface area contributed by atoms with E-state index >= 15 is 0 Å². The summed E-state index contributed by atoms with van der Waals surface area (Å²) in [4.78, 5) is 2.43. The van der Waals surface area contributed by atoms with Gasteiger partial charge in [-0.25, -0.2) is 0 Å². The average Bonchev–Trinajstić information content (AvgIpc) is 2.93. The largest absolute Gasteiger partial charge is 0.389 e. The third-order valence-corrected chi connectivity index (χ3v) is 3.60. The predicted octanol–water partition coefficient (Wildman–Crippen LogP) is 1.22. The summed E-state index contributed by atoms with van der Waals surface area (Å²) in [5, 5.41) is 13.2. The third-order valence-electron chi connectivity index (χ3n) is 3.60. The minimum Gasteiger partial charge on any atom is -0.389 e. The Balaban J connectivity index is 2.23. The van der Waals surface area contributed by atoms with Crippen molar-refractivity contribution in [2.75, 3.05) is 13.6 Å². The lowest BCUT2D eigenvalue weighted by atomic mass is 10.0. The lowest BCUT2D eigenvalue weighted by molar-refractivity contribution is 0.0417. The van der Waals surface area contributed by atoms with E-state index in [-0.39, 0.29) is 6.04 Å². The fourth-order valence-corrected chi connectivity index (χ4v) is 1.58. The molecule has 2 unspecified atom stereocenters.